The van der Waals surface area contributed by atoms with E-state index in [9.17, 15) is 0 Å². The van der Waals surface area contributed by atoms with E-state index in [1.807, 2.05) is 0 Å². The van der Waals surface area contributed by atoms with Crippen LogP contribution in [0.2, 0.25) is 0 Å². The Bertz CT molecular complexity index is 231. The number of hydrogen-bond donors (Lipinski definition) is 0. The predicted molar refractivity (Wildman–Crippen MR) is 56.2 cm³/mol. The van der Waals surface area contributed by atoms with E-state index >= 15 is 0 Å². The van der Waals surface area contributed by atoms with Gasteiger partial charge in [0.05, 0.1) is 0 Å². The zero-order chi connectivity index (χ0) is 9.42. The van der Waals surface area contributed by atoms with E-state index in [4.69, 9.17) is 5.26 Å². The van der Waals surface area contributed by atoms with E-state index in [0.29, 0.717) is 5.25 Å². The maximum Gasteiger partial charge on any atom is 0.133 e. The van der Waals surface area contributed by atoms with Crippen LogP contribution < -0.4 is 0 Å². The average Bonchev–Trinajstić information content (AvgIpc) is 2.62. The van der Waals surface area contributed by atoms with Crippen molar-refractivity contribution in [2.24, 2.45) is 23.7 Å². The fraction of sp³-hybridized carbons (Fsp3) is 0.909. The molecule has 0 spiro atoms. The molecule has 2 fully saturated rings. The summed E-state index contributed by atoms with van der Waals surface area (Å²) in [6.45, 7) is 4.69. The van der Waals surface area contributed by atoms with Gasteiger partial charge in [0.2, 0.25) is 0 Å². The monoisotopic (exact) mass is 195 g/mol. The third-order valence-electron chi connectivity index (χ3n) is 3.91. The van der Waals surface area contributed by atoms with Crippen molar-refractivity contribution in [2.75, 3.05) is 0 Å². The molecule has 2 heteroatoms. The van der Waals surface area contributed by atoms with Crippen molar-refractivity contribution in [2.45, 2.75) is 38.4 Å². The Morgan fingerprint density at radius 2 is 2.00 bits per heavy atom. The average molecular weight is 195 g/mol. The molecule has 1 nitrogen and oxygen atoms in total. The Morgan fingerprint density at radius 3 is 2.46 bits per heavy atom. The van der Waals surface area contributed by atoms with Crippen molar-refractivity contribution < 1.29 is 0 Å². The lowest BCUT2D eigenvalue weighted by atomic mass is 9.81. The fourth-order valence-corrected chi connectivity index (χ4v) is 4.19. The Labute approximate surface area is 84.9 Å². The highest BCUT2D eigenvalue weighted by molar-refractivity contribution is 8.04. The van der Waals surface area contributed by atoms with Crippen LogP contribution >= 0.6 is 11.8 Å². The van der Waals surface area contributed by atoms with Crippen LogP contribution in [0.15, 0.2) is 0 Å². The van der Waals surface area contributed by atoms with Crippen LogP contribution in [-0.2, 0) is 0 Å². The van der Waals surface area contributed by atoms with Gasteiger partial charge in [-0.25, -0.2) is 0 Å². The number of thiocyanates is 1. The first-order chi connectivity index (χ1) is 6.22. The van der Waals surface area contributed by atoms with Gasteiger partial charge in [0.1, 0.15) is 5.40 Å². The van der Waals surface area contributed by atoms with E-state index in [-0.39, 0.29) is 0 Å². The highest BCUT2D eigenvalue weighted by atomic mass is 32.2. The maximum absolute atomic E-state index is 8.64. The molecular weight excluding hydrogens is 178 g/mol. The molecule has 13 heavy (non-hydrogen) atoms. The van der Waals surface area contributed by atoms with Gasteiger partial charge in [-0.15, -0.1) is 0 Å². The molecule has 2 aliphatic rings. The molecule has 4 unspecified atom stereocenters. The molecule has 0 saturated heterocycles. The summed E-state index contributed by atoms with van der Waals surface area (Å²) in [6, 6.07) is 0. The molecule has 0 heterocycles. The Kier molecular flexibility index (Phi) is 2.55. The lowest BCUT2D eigenvalue weighted by Crippen LogP contribution is -2.22. The van der Waals surface area contributed by atoms with E-state index in [2.05, 4.69) is 19.2 Å². The van der Waals surface area contributed by atoms with Crippen molar-refractivity contribution in [1.29, 1.82) is 5.26 Å². The molecule has 0 N–H and O–H groups in total. The highest BCUT2D eigenvalue weighted by Gasteiger charge is 2.46. The first-order valence-electron chi connectivity index (χ1n) is 5.27. The molecule has 0 aromatic heterocycles. The standard InChI is InChI=1S/C11H17NS/c1-7(2)10-4-9-3-8(10)5-11(9)13-6-12/h7-11H,3-5H2,1-2H3. The van der Waals surface area contributed by atoms with Gasteiger partial charge in [-0.2, -0.15) is 5.26 Å². The van der Waals surface area contributed by atoms with E-state index in [1.165, 1.54) is 31.0 Å². The van der Waals surface area contributed by atoms with Crippen molar-refractivity contribution >= 4 is 11.8 Å². The van der Waals surface area contributed by atoms with Gasteiger partial charge in [0, 0.05) is 5.25 Å². The fourth-order valence-electron chi connectivity index (χ4n) is 3.30. The molecule has 2 aliphatic carbocycles. The quantitative estimate of drug-likeness (QED) is 0.631. The van der Waals surface area contributed by atoms with Gasteiger partial charge < -0.3 is 0 Å². The molecule has 0 aliphatic heterocycles. The summed E-state index contributed by atoms with van der Waals surface area (Å²) in [5, 5.41) is 11.6. The second-order valence-corrected chi connectivity index (χ2v) is 5.91. The Morgan fingerprint density at radius 1 is 1.23 bits per heavy atom. The van der Waals surface area contributed by atoms with Gasteiger partial charge >= 0.3 is 0 Å². The van der Waals surface area contributed by atoms with Gasteiger partial charge in [-0.3, -0.25) is 0 Å². The van der Waals surface area contributed by atoms with Crippen molar-refractivity contribution in [3.63, 3.8) is 0 Å². The normalized spacial score (nSPS) is 42.6. The summed E-state index contributed by atoms with van der Waals surface area (Å²) < 4.78 is 0. The van der Waals surface area contributed by atoms with Crippen LogP contribution in [0, 0.1) is 34.3 Å². The minimum absolute atomic E-state index is 0.671. The topological polar surface area (TPSA) is 23.8 Å². The zero-order valence-electron chi connectivity index (χ0n) is 8.36. The van der Waals surface area contributed by atoms with Crippen molar-refractivity contribution in [3.05, 3.63) is 0 Å². The van der Waals surface area contributed by atoms with Gasteiger partial charge in [0.15, 0.2) is 0 Å². The number of nitriles is 1. The molecule has 0 aromatic carbocycles. The summed E-state index contributed by atoms with van der Waals surface area (Å²) in [5.41, 5.74) is 0. The third kappa shape index (κ3) is 1.59. The number of thioether (sulfide) groups is 1. The largest absolute Gasteiger partial charge is 0.185 e. The molecule has 0 amide bonds. The van der Waals surface area contributed by atoms with Crippen molar-refractivity contribution in [3.8, 4) is 5.40 Å². The summed E-state index contributed by atoms with van der Waals surface area (Å²) in [5.74, 6) is 3.61. The highest BCUT2D eigenvalue weighted by Crippen LogP contribution is 2.54. The lowest BCUT2D eigenvalue weighted by Gasteiger charge is -2.28. The summed E-state index contributed by atoms with van der Waals surface area (Å²) >= 11 is 1.52. The van der Waals surface area contributed by atoms with Crippen LogP contribution in [0.4, 0.5) is 0 Å². The first-order valence-corrected chi connectivity index (χ1v) is 6.15. The number of nitrogens with zero attached hydrogens (tertiary/aromatic N) is 1. The number of rotatable bonds is 2. The van der Waals surface area contributed by atoms with E-state index in [1.54, 1.807) is 0 Å². The Balaban J connectivity index is 1.96. The molecule has 2 bridgehead atoms. The molecule has 0 radical (unpaired) electrons. The summed E-state index contributed by atoms with van der Waals surface area (Å²) in [4.78, 5) is 0. The minimum atomic E-state index is 0.671. The molecular formula is C11H17NS. The molecule has 2 rings (SSSR count). The van der Waals surface area contributed by atoms with Crippen LogP contribution in [0.25, 0.3) is 0 Å². The third-order valence-corrected chi connectivity index (χ3v) is 4.89. The number of hydrogen-bond acceptors (Lipinski definition) is 2. The maximum atomic E-state index is 8.64. The van der Waals surface area contributed by atoms with Crippen LogP contribution in [0.5, 0.6) is 0 Å². The minimum Gasteiger partial charge on any atom is -0.185 e. The Hall–Kier alpha value is -0.160. The number of fused-ring (bicyclic) bond motifs is 2. The van der Waals surface area contributed by atoms with Gasteiger partial charge in [-0.1, -0.05) is 13.8 Å². The zero-order valence-corrected chi connectivity index (χ0v) is 9.18. The van der Waals surface area contributed by atoms with E-state index < -0.39 is 0 Å². The first kappa shape index (κ1) is 9.40. The predicted octanol–water partition coefficient (Wildman–Crippen LogP) is 3.27. The molecule has 72 valence electrons. The molecule has 0 aromatic rings. The van der Waals surface area contributed by atoms with Crippen LogP contribution in [0.3, 0.4) is 0 Å². The van der Waals surface area contributed by atoms with Gasteiger partial charge in [-0.05, 0) is 54.7 Å². The second-order valence-electron chi connectivity index (χ2n) is 4.88. The van der Waals surface area contributed by atoms with E-state index in [0.717, 1.165) is 23.7 Å². The van der Waals surface area contributed by atoms with Crippen LogP contribution in [0.1, 0.15) is 33.1 Å². The smallest absolute Gasteiger partial charge is 0.133 e. The second kappa shape index (κ2) is 3.53. The molecule has 4 atom stereocenters. The summed E-state index contributed by atoms with van der Waals surface area (Å²) in [6.07, 6.45) is 4.11. The van der Waals surface area contributed by atoms with Crippen LogP contribution in [-0.4, -0.2) is 5.25 Å². The van der Waals surface area contributed by atoms with Gasteiger partial charge in [0.25, 0.3) is 0 Å². The summed E-state index contributed by atoms with van der Waals surface area (Å²) in [7, 11) is 0. The SMILES string of the molecule is CC(C)C1CC2CC1CC2SC#N. The van der Waals surface area contributed by atoms with Crippen molar-refractivity contribution in [1.82, 2.24) is 0 Å². The molecule has 2 saturated carbocycles. The lowest BCUT2D eigenvalue weighted by molar-refractivity contribution is 0.260.